The van der Waals surface area contributed by atoms with Gasteiger partial charge in [-0.15, -0.1) is 0 Å². The van der Waals surface area contributed by atoms with Crippen molar-refractivity contribution in [3.8, 4) is 28.7 Å². The van der Waals surface area contributed by atoms with Crippen molar-refractivity contribution in [2.45, 2.75) is 67.5 Å². The van der Waals surface area contributed by atoms with Crippen LogP contribution in [0.3, 0.4) is 0 Å². The van der Waals surface area contributed by atoms with Crippen molar-refractivity contribution >= 4 is 6.08 Å². The van der Waals surface area contributed by atoms with Crippen LogP contribution in [0, 0.1) is 0 Å². The quantitative estimate of drug-likeness (QED) is 0.150. The van der Waals surface area contributed by atoms with Crippen LogP contribution in [0.2, 0.25) is 0 Å². The van der Waals surface area contributed by atoms with Gasteiger partial charge in [0.1, 0.15) is 72.2 Å². The van der Waals surface area contributed by atoms with E-state index in [4.69, 9.17) is 23.7 Å². The van der Waals surface area contributed by atoms with Crippen LogP contribution in [0.25, 0.3) is 6.08 Å². The average Bonchev–Trinajstić information content (AvgIpc) is 2.98. The van der Waals surface area contributed by atoms with Crippen molar-refractivity contribution in [2.24, 2.45) is 0 Å². The molecule has 15 nitrogen and oxygen atoms in total. The molecule has 42 heavy (non-hydrogen) atoms. The Morgan fingerprint density at radius 2 is 1.26 bits per heavy atom. The van der Waals surface area contributed by atoms with Gasteiger partial charge in [0.15, 0.2) is 11.5 Å². The van der Waals surface area contributed by atoms with Gasteiger partial charge in [-0.05, 0) is 24.3 Å². The summed E-state index contributed by atoms with van der Waals surface area (Å²) in [5.74, 6) is -0.692. The van der Waals surface area contributed by atoms with Crippen LogP contribution < -0.4 is 14.2 Å². The Bertz CT molecular complexity index is 1280. The zero-order valence-electron chi connectivity index (χ0n) is 21.8. The van der Waals surface area contributed by atoms with Gasteiger partial charge >= 0.3 is 0 Å². The molecule has 0 spiro atoms. The molecule has 2 fully saturated rings. The number of rotatable bonds is 7. The predicted molar refractivity (Wildman–Crippen MR) is 137 cm³/mol. The second-order valence-corrected chi connectivity index (χ2v) is 10.1. The zero-order valence-corrected chi connectivity index (χ0v) is 21.8. The lowest BCUT2D eigenvalue weighted by atomic mass is 9.99. The normalized spacial score (nSPS) is 36.1. The zero-order chi connectivity index (χ0) is 30.3. The lowest BCUT2D eigenvalue weighted by Crippen LogP contribution is -2.60. The highest BCUT2D eigenvalue weighted by Crippen LogP contribution is 2.43. The third-order valence-corrected chi connectivity index (χ3v) is 7.29. The summed E-state index contributed by atoms with van der Waals surface area (Å²) in [6.07, 6.45) is -13.4. The van der Waals surface area contributed by atoms with E-state index in [9.17, 15) is 51.1 Å². The van der Waals surface area contributed by atoms with E-state index >= 15 is 0 Å². The van der Waals surface area contributed by atoms with Crippen molar-refractivity contribution in [3.05, 3.63) is 47.5 Å². The molecule has 0 bridgehead atoms. The topological polar surface area (TPSA) is 248 Å². The summed E-state index contributed by atoms with van der Waals surface area (Å²) in [5.41, 5.74) is 0.760. The van der Waals surface area contributed by atoms with Crippen LogP contribution in [-0.2, 0) is 9.47 Å². The smallest absolute Gasteiger partial charge is 0.229 e. The maximum absolute atomic E-state index is 10.5. The van der Waals surface area contributed by atoms with Crippen LogP contribution >= 0.6 is 0 Å². The molecular formula is C27H32O15. The summed E-state index contributed by atoms with van der Waals surface area (Å²) in [6.45, 7) is -1.37. The Morgan fingerprint density at radius 3 is 1.83 bits per heavy atom. The average molecular weight is 597 g/mol. The van der Waals surface area contributed by atoms with Crippen LogP contribution in [0.5, 0.6) is 28.7 Å². The highest BCUT2D eigenvalue weighted by atomic mass is 16.7. The Morgan fingerprint density at radius 1 is 0.667 bits per heavy atom. The van der Waals surface area contributed by atoms with Crippen LogP contribution in [0.15, 0.2) is 36.4 Å². The molecule has 3 aliphatic rings. The maximum Gasteiger partial charge on any atom is 0.229 e. The molecule has 0 aromatic heterocycles. The van der Waals surface area contributed by atoms with Gasteiger partial charge < -0.3 is 74.7 Å². The molecule has 0 saturated carbocycles. The first-order chi connectivity index (χ1) is 20.0. The molecule has 11 unspecified atom stereocenters. The maximum atomic E-state index is 10.5. The minimum Gasteiger partial charge on any atom is -0.504 e. The molecule has 10 N–H and O–H groups in total. The fourth-order valence-corrected chi connectivity index (χ4v) is 4.85. The highest BCUT2D eigenvalue weighted by molar-refractivity contribution is 5.69. The fourth-order valence-electron chi connectivity index (χ4n) is 4.85. The number of benzene rings is 2. The second kappa shape index (κ2) is 12.2. The summed E-state index contributed by atoms with van der Waals surface area (Å²) >= 11 is 0. The Labute approximate surface area is 238 Å². The third kappa shape index (κ3) is 5.71. The molecule has 3 aliphatic heterocycles. The number of phenols is 2. The number of phenolic OH excluding ortho intramolecular Hbond substituents is 2. The number of aromatic hydroxyl groups is 2. The number of aliphatic hydroxyl groups is 8. The van der Waals surface area contributed by atoms with E-state index in [0.29, 0.717) is 11.1 Å². The van der Waals surface area contributed by atoms with Crippen molar-refractivity contribution in [1.82, 2.24) is 0 Å². The summed E-state index contributed by atoms with van der Waals surface area (Å²) in [4.78, 5) is 0. The molecule has 2 aromatic rings. The van der Waals surface area contributed by atoms with E-state index in [1.807, 2.05) is 0 Å². The summed E-state index contributed by atoms with van der Waals surface area (Å²) in [6, 6.07) is 6.78. The van der Waals surface area contributed by atoms with E-state index in [1.165, 1.54) is 30.3 Å². The number of hydrogen-bond acceptors (Lipinski definition) is 15. The van der Waals surface area contributed by atoms with E-state index in [0.717, 1.165) is 0 Å². The first-order valence-electron chi connectivity index (χ1n) is 13.0. The van der Waals surface area contributed by atoms with Gasteiger partial charge in [0.25, 0.3) is 0 Å². The van der Waals surface area contributed by atoms with E-state index in [-0.39, 0.29) is 28.7 Å². The van der Waals surface area contributed by atoms with Gasteiger partial charge in [0.2, 0.25) is 12.6 Å². The first-order valence-corrected chi connectivity index (χ1v) is 13.0. The highest BCUT2D eigenvalue weighted by Gasteiger charge is 2.46. The molecule has 15 heteroatoms. The molecule has 5 rings (SSSR count). The van der Waals surface area contributed by atoms with E-state index in [1.54, 1.807) is 12.2 Å². The van der Waals surface area contributed by atoms with Gasteiger partial charge in [0, 0.05) is 17.7 Å². The van der Waals surface area contributed by atoms with Gasteiger partial charge in [-0.2, -0.15) is 0 Å². The summed E-state index contributed by atoms with van der Waals surface area (Å²) < 4.78 is 28.6. The number of hydrogen-bond donors (Lipinski definition) is 10. The van der Waals surface area contributed by atoms with E-state index < -0.39 is 80.7 Å². The Kier molecular flexibility index (Phi) is 8.77. The molecule has 2 saturated heterocycles. The van der Waals surface area contributed by atoms with Crippen molar-refractivity contribution in [1.29, 1.82) is 0 Å². The first kappa shape index (κ1) is 30.2. The summed E-state index contributed by atoms with van der Waals surface area (Å²) in [7, 11) is 0. The van der Waals surface area contributed by atoms with Crippen LogP contribution in [0.1, 0.15) is 17.2 Å². The standard InChI is InChI=1S/C27H32O15/c28-8-18-20(32)22(34)24(36)26(41-18)38-11-6-16-12(2-4-15(39-16)10-1-3-13(30)14(31)5-10)17(7-11)40-27-25(37)23(35)21(33)19(9-29)42-27/h1-7,15,18-37H,8-9H2. The predicted octanol–water partition coefficient (Wildman–Crippen LogP) is -2.40. The summed E-state index contributed by atoms with van der Waals surface area (Å²) in [5, 5.41) is 100. The lowest BCUT2D eigenvalue weighted by molar-refractivity contribution is -0.278. The SMILES string of the molecule is OCC1OC(Oc2cc3c(c(OC4OC(CO)C(O)C(O)C4O)c2)C=CC(c2ccc(O)c(O)c2)O3)C(O)C(O)C1O. The van der Waals surface area contributed by atoms with E-state index in [2.05, 4.69) is 0 Å². The fraction of sp³-hybridized carbons (Fsp3) is 0.481. The van der Waals surface area contributed by atoms with Crippen LogP contribution in [0.4, 0.5) is 0 Å². The van der Waals surface area contributed by atoms with Gasteiger partial charge in [-0.1, -0.05) is 6.07 Å². The number of ether oxygens (including phenoxy) is 5. The number of aliphatic hydroxyl groups excluding tert-OH is 8. The molecule has 0 amide bonds. The molecule has 230 valence electrons. The molecule has 2 aromatic carbocycles. The second-order valence-electron chi connectivity index (χ2n) is 10.1. The third-order valence-electron chi connectivity index (χ3n) is 7.29. The molecule has 3 heterocycles. The lowest BCUT2D eigenvalue weighted by Gasteiger charge is -2.40. The van der Waals surface area contributed by atoms with Crippen molar-refractivity contribution in [2.75, 3.05) is 13.2 Å². The molecular weight excluding hydrogens is 564 g/mol. The Balaban J connectivity index is 1.49. The van der Waals surface area contributed by atoms with Crippen LogP contribution in [-0.4, -0.2) is 126 Å². The molecule has 0 aliphatic carbocycles. The minimum absolute atomic E-state index is 0.0420. The van der Waals surface area contributed by atoms with Gasteiger partial charge in [-0.3, -0.25) is 0 Å². The Hall–Kier alpha value is -3.22. The number of fused-ring (bicyclic) bond motifs is 1. The van der Waals surface area contributed by atoms with Gasteiger partial charge in [-0.25, -0.2) is 0 Å². The van der Waals surface area contributed by atoms with Crippen molar-refractivity contribution in [3.63, 3.8) is 0 Å². The van der Waals surface area contributed by atoms with Crippen molar-refractivity contribution < 1.29 is 74.7 Å². The van der Waals surface area contributed by atoms with Gasteiger partial charge in [0.05, 0.1) is 18.8 Å². The monoisotopic (exact) mass is 596 g/mol. The molecule has 11 atom stereocenters. The minimum atomic E-state index is -1.74. The largest absolute Gasteiger partial charge is 0.504 e. The molecule has 0 radical (unpaired) electrons.